The molecule has 134 valence electrons. The molecule has 0 bridgehead atoms. The summed E-state index contributed by atoms with van der Waals surface area (Å²) in [5.74, 6) is -1.91. The molecule has 1 aliphatic heterocycles. The Kier molecular flexibility index (Phi) is 4.88. The van der Waals surface area contributed by atoms with Gasteiger partial charge in [-0.15, -0.1) is 0 Å². The lowest BCUT2D eigenvalue weighted by molar-refractivity contribution is -0.126. The highest BCUT2D eigenvalue weighted by Gasteiger charge is 2.30. The number of para-hydroxylation sites is 1. The number of carboxylic acid groups (broad SMARTS) is 1. The summed E-state index contributed by atoms with van der Waals surface area (Å²) in [5.41, 5.74) is 2.07. The maximum absolute atomic E-state index is 12.6. The van der Waals surface area contributed by atoms with Crippen molar-refractivity contribution < 1.29 is 24.2 Å². The number of nitrogens with one attached hydrogen (secondary N) is 2. The Bertz CT molecular complexity index is 878. The molecule has 1 heterocycles. The third kappa shape index (κ3) is 3.51. The number of anilines is 1. The van der Waals surface area contributed by atoms with Gasteiger partial charge in [0.05, 0.1) is 13.0 Å². The second-order valence-corrected chi connectivity index (χ2v) is 5.95. The first-order chi connectivity index (χ1) is 12.5. The molecule has 0 saturated carbocycles. The van der Waals surface area contributed by atoms with E-state index in [4.69, 9.17) is 4.74 Å². The van der Waals surface area contributed by atoms with E-state index in [0.717, 1.165) is 5.56 Å². The van der Waals surface area contributed by atoms with Gasteiger partial charge in [0.2, 0.25) is 11.8 Å². The highest BCUT2D eigenvalue weighted by Crippen LogP contribution is 2.32. The van der Waals surface area contributed by atoms with E-state index in [9.17, 15) is 19.5 Å². The van der Waals surface area contributed by atoms with E-state index in [1.807, 2.05) is 12.1 Å². The van der Waals surface area contributed by atoms with Gasteiger partial charge in [0.25, 0.3) is 0 Å². The highest BCUT2D eigenvalue weighted by molar-refractivity contribution is 6.01. The number of rotatable bonds is 5. The fourth-order valence-electron chi connectivity index (χ4n) is 2.99. The molecule has 0 aromatic heterocycles. The van der Waals surface area contributed by atoms with Crippen molar-refractivity contribution in [3.63, 3.8) is 0 Å². The number of aromatic carboxylic acids is 1. The van der Waals surface area contributed by atoms with Crippen LogP contribution >= 0.6 is 0 Å². The van der Waals surface area contributed by atoms with Gasteiger partial charge < -0.3 is 20.5 Å². The summed E-state index contributed by atoms with van der Waals surface area (Å²) in [5, 5.41) is 14.8. The number of hydrogen-bond donors (Lipinski definition) is 3. The van der Waals surface area contributed by atoms with Crippen molar-refractivity contribution in [2.75, 3.05) is 12.4 Å². The van der Waals surface area contributed by atoms with E-state index in [1.165, 1.54) is 13.2 Å². The van der Waals surface area contributed by atoms with Gasteiger partial charge in [0, 0.05) is 18.7 Å². The second-order valence-electron chi connectivity index (χ2n) is 5.95. The third-order valence-corrected chi connectivity index (χ3v) is 4.28. The zero-order valence-electron chi connectivity index (χ0n) is 14.1. The molecule has 0 radical (unpaired) electrons. The SMILES string of the molecule is COc1ccc(CNC(=O)C2CC(=O)Nc3ccccc32)cc1C(=O)O. The number of hydrogen-bond acceptors (Lipinski definition) is 4. The van der Waals surface area contributed by atoms with Crippen LogP contribution in [0.3, 0.4) is 0 Å². The number of carbonyl (C=O) groups is 3. The summed E-state index contributed by atoms with van der Waals surface area (Å²) in [6.45, 7) is 0.156. The largest absolute Gasteiger partial charge is 0.496 e. The Hall–Kier alpha value is -3.35. The molecule has 2 aromatic carbocycles. The van der Waals surface area contributed by atoms with Crippen LogP contribution in [0.4, 0.5) is 5.69 Å². The maximum atomic E-state index is 12.6. The summed E-state index contributed by atoms with van der Waals surface area (Å²) in [4.78, 5) is 35.7. The quantitative estimate of drug-likeness (QED) is 0.763. The van der Waals surface area contributed by atoms with Crippen LogP contribution in [-0.4, -0.2) is 30.0 Å². The molecule has 26 heavy (non-hydrogen) atoms. The number of carbonyl (C=O) groups excluding carboxylic acids is 2. The number of benzene rings is 2. The van der Waals surface area contributed by atoms with Crippen molar-refractivity contribution in [2.24, 2.45) is 0 Å². The average Bonchev–Trinajstić information content (AvgIpc) is 2.65. The molecule has 3 N–H and O–H groups in total. The molecular weight excluding hydrogens is 336 g/mol. The number of fused-ring (bicyclic) bond motifs is 1. The van der Waals surface area contributed by atoms with Crippen molar-refractivity contribution in [2.45, 2.75) is 18.9 Å². The lowest BCUT2D eigenvalue weighted by Crippen LogP contribution is -2.34. The second kappa shape index (κ2) is 7.26. The fourth-order valence-corrected chi connectivity index (χ4v) is 2.99. The predicted molar refractivity (Wildman–Crippen MR) is 94.2 cm³/mol. The Morgan fingerprint density at radius 3 is 2.77 bits per heavy atom. The molecule has 7 heteroatoms. The van der Waals surface area contributed by atoms with Gasteiger partial charge in [-0.1, -0.05) is 24.3 Å². The first-order valence-corrected chi connectivity index (χ1v) is 8.06. The van der Waals surface area contributed by atoms with Gasteiger partial charge in [-0.2, -0.15) is 0 Å². The summed E-state index contributed by atoms with van der Waals surface area (Å²) in [6, 6.07) is 11.9. The topological polar surface area (TPSA) is 105 Å². The van der Waals surface area contributed by atoms with Crippen LogP contribution in [0.2, 0.25) is 0 Å². The van der Waals surface area contributed by atoms with Crippen LogP contribution in [0.15, 0.2) is 42.5 Å². The molecule has 1 atom stereocenters. The minimum absolute atomic E-state index is 0.0293. The van der Waals surface area contributed by atoms with E-state index >= 15 is 0 Å². The number of methoxy groups -OCH3 is 1. The Morgan fingerprint density at radius 1 is 1.27 bits per heavy atom. The van der Waals surface area contributed by atoms with Crippen molar-refractivity contribution in [1.82, 2.24) is 5.32 Å². The summed E-state index contributed by atoms with van der Waals surface area (Å²) >= 11 is 0. The smallest absolute Gasteiger partial charge is 0.339 e. The summed E-state index contributed by atoms with van der Waals surface area (Å²) in [6.07, 6.45) is 0.0752. The van der Waals surface area contributed by atoms with Crippen molar-refractivity contribution in [3.8, 4) is 5.75 Å². The fraction of sp³-hybridized carbons (Fsp3) is 0.211. The average molecular weight is 354 g/mol. The van der Waals surface area contributed by atoms with E-state index in [2.05, 4.69) is 10.6 Å². The van der Waals surface area contributed by atoms with Crippen LogP contribution in [0, 0.1) is 0 Å². The Balaban J connectivity index is 1.75. The molecule has 1 unspecified atom stereocenters. The van der Waals surface area contributed by atoms with Crippen molar-refractivity contribution in [1.29, 1.82) is 0 Å². The van der Waals surface area contributed by atoms with Crippen LogP contribution in [-0.2, 0) is 16.1 Å². The zero-order chi connectivity index (χ0) is 18.7. The van der Waals surface area contributed by atoms with Gasteiger partial charge >= 0.3 is 5.97 Å². The van der Waals surface area contributed by atoms with Gasteiger partial charge in [0.15, 0.2) is 0 Å². The molecule has 0 spiro atoms. The first kappa shape index (κ1) is 17.5. The number of ether oxygens (including phenoxy) is 1. The first-order valence-electron chi connectivity index (χ1n) is 8.06. The lowest BCUT2D eigenvalue weighted by Gasteiger charge is -2.24. The third-order valence-electron chi connectivity index (χ3n) is 4.28. The molecule has 3 rings (SSSR count). The van der Waals surface area contributed by atoms with Crippen molar-refractivity contribution >= 4 is 23.5 Å². The minimum atomic E-state index is -1.10. The normalized spacial score (nSPS) is 15.6. The minimum Gasteiger partial charge on any atom is -0.496 e. The van der Waals surface area contributed by atoms with E-state index in [1.54, 1.807) is 24.3 Å². The van der Waals surface area contributed by atoms with Crippen LogP contribution in [0.1, 0.15) is 33.8 Å². The lowest BCUT2D eigenvalue weighted by atomic mass is 9.90. The van der Waals surface area contributed by atoms with Crippen LogP contribution in [0.5, 0.6) is 5.75 Å². The van der Waals surface area contributed by atoms with E-state index < -0.39 is 11.9 Å². The van der Waals surface area contributed by atoms with Gasteiger partial charge in [-0.25, -0.2) is 4.79 Å². The standard InChI is InChI=1S/C19H18N2O5/c1-26-16-7-6-11(8-14(16)19(24)25)10-20-18(23)13-9-17(22)21-15-5-3-2-4-12(13)15/h2-8,13H,9-10H2,1H3,(H,20,23)(H,21,22)(H,24,25). The van der Waals surface area contributed by atoms with E-state index in [0.29, 0.717) is 11.3 Å². The molecule has 1 aliphatic rings. The summed E-state index contributed by atoms with van der Waals surface area (Å²) in [7, 11) is 1.40. The summed E-state index contributed by atoms with van der Waals surface area (Å²) < 4.78 is 5.02. The predicted octanol–water partition coefficient (Wildman–Crippen LogP) is 2.14. The molecule has 0 aliphatic carbocycles. The molecule has 7 nitrogen and oxygen atoms in total. The Morgan fingerprint density at radius 2 is 2.04 bits per heavy atom. The molecule has 2 aromatic rings. The highest BCUT2D eigenvalue weighted by atomic mass is 16.5. The van der Waals surface area contributed by atoms with Gasteiger partial charge in [-0.3, -0.25) is 9.59 Å². The number of amides is 2. The molecular formula is C19H18N2O5. The Labute approximate surface area is 150 Å². The monoisotopic (exact) mass is 354 g/mol. The number of carboxylic acids is 1. The van der Waals surface area contributed by atoms with Gasteiger partial charge in [-0.05, 0) is 29.3 Å². The maximum Gasteiger partial charge on any atom is 0.339 e. The molecule has 0 fully saturated rings. The van der Waals surface area contributed by atoms with Crippen LogP contribution in [0.25, 0.3) is 0 Å². The molecule has 2 amide bonds. The van der Waals surface area contributed by atoms with Crippen molar-refractivity contribution in [3.05, 3.63) is 59.2 Å². The van der Waals surface area contributed by atoms with Gasteiger partial charge in [0.1, 0.15) is 11.3 Å². The van der Waals surface area contributed by atoms with E-state index in [-0.39, 0.29) is 36.1 Å². The van der Waals surface area contributed by atoms with Crippen LogP contribution < -0.4 is 15.4 Å². The molecule has 0 saturated heterocycles. The zero-order valence-corrected chi connectivity index (χ0v) is 14.1.